The standard InChI is InChI=1S/C11H15ClN4S/c1-6(2)16-10(8(12)4-15-16)9(13)11-7(3)14-5-17-11/h4-6,9H,13H2,1-3H3. The van der Waals surface area contributed by atoms with Gasteiger partial charge in [-0.05, 0) is 20.8 Å². The van der Waals surface area contributed by atoms with E-state index >= 15 is 0 Å². The Kier molecular flexibility index (Phi) is 3.51. The third-order valence-electron chi connectivity index (χ3n) is 2.64. The number of hydrogen-bond donors (Lipinski definition) is 1. The van der Waals surface area contributed by atoms with E-state index in [-0.39, 0.29) is 12.1 Å². The molecule has 0 bridgehead atoms. The van der Waals surface area contributed by atoms with Gasteiger partial charge in [0.2, 0.25) is 0 Å². The van der Waals surface area contributed by atoms with E-state index in [4.69, 9.17) is 17.3 Å². The van der Waals surface area contributed by atoms with Gasteiger partial charge in [-0.1, -0.05) is 11.6 Å². The number of aromatic nitrogens is 3. The highest BCUT2D eigenvalue weighted by Crippen LogP contribution is 2.31. The van der Waals surface area contributed by atoms with Crippen LogP contribution in [0.25, 0.3) is 0 Å². The molecular weight excluding hydrogens is 256 g/mol. The molecule has 1 atom stereocenters. The summed E-state index contributed by atoms with van der Waals surface area (Å²) in [5, 5.41) is 4.87. The Balaban J connectivity index is 2.47. The molecule has 2 heterocycles. The molecule has 0 aliphatic rings. The largest absolute Gasteiger partial charge is 0.318 e. The average molecular weight is 271 g/mol. The highest BCUT2D eigenvalue weighted by Gasteiger charge is 2.22. The second kappa shape index (κ2) is 4.76. The maximum Gasteiger partial charge on any atom is 0.0851 e. The van der Waals surface area contributed by atoms with Crippen LogP contribution < -0.4 is 5.73 Å². The van der Waals surface area contributed by atoms with Gasteiger partial charge in [-0.2, -0.15) is 5.10 Å². The lowest BCUT2D eigenvalue weighted by Crippen LogP contribution is -2.19. The average Bonchev–Trinajstić information content (AvgIpc) is 2.83. The Labute approximate surface area is 109 Å². The molecule has 2 N–H and O–H groups in total. The molecule has 0 amide bonds. The maximum atomic E-state index is 6.27. The van der Waals surface area contributed by atoms with Gasteiger partial charge in [0.1, 0.15) is 0 Å². The van der Waals surface area contributed by atoms with Crippen LogP contribution in [0.2, 0.25) is 5.02 Å². The van der Waals surface area contributed by atoms with Crippen molar-refractivity contribution in [1.29, 1.82) is 0 Å². The fraction of sp³-hybridized carbons (Fsp3) is 0.455. The third-order valence-corrected chi connectivity index (χ3v) is 3.94. The first-order valence-corrected chi connectivity index (χ1v) is 6.66. The number of nitrogens with two attached hydrogens (primary N) is 1. The minimum absolute atomic E-state index is 0.233. The zero-order chi connectivity index (χ0) is 12.6. The van der Waals surface area contributed by atoms with Crippen molar-refractivity contribution in [3.8, 4) is 0 Å². The molecular formula is C11H15ClN4S. The van der Waals surface area contributed by atoms with Gasteiger partial charge in [0.05, 0.1) is 39.0 Å². The Morgan fingerprint density at radius 1 is 1.47 bits per heavy atom. The normalized spacial score (nSPS) is 13.3. The summed E-state index contributed by atoms with van der Waals surface area (Å²) in [5.41, 5.74) is 9.88. The van der Waals surface area contributed by atoms with Crippen molar-refractivity contribution < 1.29 is 0 Å². The number of thiazole rings is 1. The minimum atomic E-state index is -0.264. The summed E-state index contributed by atoms with van der Waals surface area (Å²) in [7, 11) is 0. The molecule has 0 fully saturated rings. The fourth-order valence-corrected chi connectivity index (χ4v) is 2.84. The molecule has 1 unspecified atom stereocenters. The first-order chi connectivity index (χ1) is 8.02. The van der Waals surface area contributed by atoms with Crippen LogP contribution in [0.4, 0.5) is 0 Å². The van der Waals surface area contributed by atoms with E-state index in [0.29, 0.717) is 5.02 Å². The van der Waals surface area contributed by atoms with Gasteiger partial charge in [-0.15, -0.1) is 11.3 Å². The number of aryl methyl sites for hydroxylation is 1. The summed E-state index contributed by atoms with van der Waals surface area (Å²) in [6, 6.07) is -0.0309. The van der Waals surface area contributed by atoms with E-state index in [0.717, 1.165) is 16.3 Å². The number of nitrogens with zero attached hydrogens (tertiary/aromatic N) is 3. The van der Waals surface area contributed by atoms with Crippen molar-refractivity contribution in [2.24, 2.45) is 5.73 Å². The van der Waals surface area contributed by atoms with Crippen molar-refractivity contribution in [3.63, 3.8) is 0 Å². The number of hydrogen-bond acceptors (Lipinski definition) is 4. The molecule has 0 aromatic carbocycles. The van der Waals surface area contributed by atoms with Crippen LogP contribution >= 0.6 is 22.9 Å². The molecule has 0 spiro atoms. The Hall–Kier alpha value is -0.910. The Morgan fingerprint density at radius 2 is 2.18 bits per heavy atom. The summed E-state index contributed by atoms with van der Waals surface area (Å²) in [6.45, 7) is 6.06. The summed E-state index contributed by atoms with van der Waals surface area (Å²) in [6.07, 6.45) is 1.65. The second-order valence-corrected chi connectivity index (χ2v) is 5.49. The summed E-state index contributed by atoms with van der Waals surface area (Å²) >= 11 is 7.72. The molecule has 4 nitrogen and oxygen atoms in total. The van der Waals surface area contributed by atoms with Gasteiger partial charge >= 0.3 is 0 Å². The molecule has 6 heteroatoms. The van der Waals surface area contributed by atoms with E-state index in [2.05, 4.69) is 23.9 Å². The van der Waals surface area contributed by atoms with Crippen molar-refractivity contribution in [2.45, 2.75) is 32.9 Å². The lowest BCUT2D eigenvalue weighted by molar-refractivity contribution is 0.500. The minimum Gasteiger partial charge on any atom is -0.318 e. The second-order valence-electron chi connectivity index (χ2n) is 4.20. The zero-order valence-corrected chi connectivity index (χ0v) is 11.6. The first kappa shape index (κ1) is 12.5. The Morgan fingerprint density at radius 3 is 2.71 bits per heavy atom. The van der Waals surface area contributed by atoms with Crippen LogP contribution in [0.3, 0.4) is 0 Å². The summed E-state index contributed by atoms with van der Waals surface area (Å²) in [4.78, 5) is 5.25. The van der Waals surface area contributed by atoms with Crippen molar-refractivity contribution in [1.82, 2.24) is 14.8 Å². The molecule has 0 saturated heterocycles. The predicted octanol–water partition coefficient (Wildman–Crippen LogP) is 2.93. The fourth-order valence-electron chi connectivity index (χ4n) is 1.79. The third kappa shape index (κ3) is 2.22. The van der Waals surface area contributed by atoms with Gasteiger partial charge in [0.25, 0.3) is 0 Å². The smallest absolute Gasteiger partial charge is 0.0851 e. The molecule has 0 aliphatic carbocycles. The highest BCUT2D eigenvalue weighted by atomic mass is 35.5. The van der Waals surface area contributed by atoms with Crippen LogP contribution in [0.5, 0.6) is 0 Å². The molecule has 2 aromatic rings. The molecule has 0 aliphatic heterocycles. The molecule has 0 saturated carbocycles. The Bertz CT molecular complexity index is 517. The molecule has 0 radical (unpaired) electrons. The van der Waals surface area contributed by atoms with Crippen molar-refractivity contribution >= 4 is 22.9 Å². The summed E-state index contributed by atoms with van der Waals surface area (Å²) < 4.78 is 1.87. The van der Waals surface area contributed by atoms with Crippen LogP contribution in [-0.2, 0) is 0 Å². The van der Waals surface area contributed by atoms with E-state index in [1.165, 1.54) is 0 Å². The van der Waals surface area contributed by atoms with Crippen LogP contribution in [0, 0.1) is 6.92 Å². The van der Waals surface area contributed by atoms with Crippen LogP contribution in [-0.4, -0.2) is 14.8 Å². The molecule has 92 valence electrons. The van der Waals surface area contributed by atoms with E-state index in [1.54, 1.807) is 23.0 Å². The van der Waals surface area contributed by atoms with E-state index in [9.17, 15) is 0 Å². The summed E-state index contributed by atoms with van der Waals surface area (Å²) in [5.74, 6) is 0. The SMILES string of the molecule is Cc1ncsc1C(N)c1c(Cl)cnn1C(C)C. The monoisotopic (exact) mass is 270 g/mol. The van der Waals surface area contributed by atoms with E-state index < -0.39 is 0 Å². The molecule has 2 aromatic heterocycles. The van der Waals surface area contributed by atoms with Crippen LogP contribution in [0.1, 0.15) is 42.2 Å². The number of rotatable bonds is 3. The molecule has 2 rings (SSSR count). The van der Waals surface area contributed by atoms with Crippen molar-refractivity contribution in [3.05, 3.63) is 33.0 Å². The van der Waals surface area contributed by atoms with Gasteiger partial charge in [0.15, 0.2) is 0 Å². The topological polar surface area (TPSA) is 56.7 Å². The van der Waals surface area contributed by atoms with Gasteiger partial charge < -0.3 is 5.73 Å². The number of halogens is 1. The highest BCUT2D eigenvalue weighted by molar-refractivity contribution is 7.09. The van der Waals surface area contributed by atoms with Gasteiger partial charge in [-0.25, -0.2) is 4.98 Å². The maximum absolute atomic E-state index is 6.27. The lowest BCUT2D eigenvalue weighted by Gasteiger charge is -2.16. The predicted molar refractivity (Wildman–Crippen MR) is 70.5 cm³/mol. The quantitative estimate of drug-likeness (QED) is 0.933. The lowest BCUT2D eigenvalue weighted by atomic mass is 10.1. The van der Waals surface area contributed by atoms with E-state index in [1.807, 2.05) is 11.6 Å². The van der Waals surface area contributed by atoms with Gasteiger partial charge in [0, 0.05) is 6.04 Å². The molecule has 17 heavy (non-hydrogen) atoms. The zero-order valence-electron chi connectivity index (χ0n) is 10.0. The van der Waals surface area contributed by atoms with Gasteiger partial charge in [-0.3, -0.25) is 4.68 Å². The first-order valence-electron chi connectivity index (χ1n) is 5.40. The van der Waals surface area contributed by atoms with Crippen molar-refractivity contribution in [2.75, 3.05) is 0 Å². The van der Waals surface area contributed by atoms with Crippen LogP contribution in [0.15, 0.2) is 11.7 Å².